The van der Waals surface area contributed by atoms with Gasteiger partial charge >= 0.3 is 0 Å². The van der Waals surface area contributed by atoms with Gasteiger partial charge in [0.2, 0.25) is 0 Å². The molecule has 0 atom stereocenters. The van der Waals surface area contributed by atoms with Crippen molar-refractivity contribution in [3.63, 3.8) is 0 Å². The van der Waals surface area contributed by atoms with Crippen molar-refractivity contribution >= 4 is 0 Å². The van der Waals surface area contributed by atoms with Gasteiger partial charge in [-0.1, -0.05) is 155 Å². The average molecular weight is 533 g/mol. The first kappa shape index (κ1) is 26.0. The van der Waals surface area contributed by atoms with Crippen molar-refractivity contribution < 1.29 is 0 Å². The van der Waals surface area contributed by atoms with Crippen LogP contribution in [0.15, 0.2) is 127 Å². The lowest BCUT2D eigenvalue weighted by atomic mass is 9.64. The van der Waals surface area contributed by atoms with Crippen LogP contribution in [-0.4, -0.2) is 0 Å². The minimum absolute atomic E-state index is 0.0294. The maximum Gasteiger partial charge on any atom is 0.0465 e. The van der Waals surface area contributed by atoms with E-state index in [1.54, 1.807) is 0 Å². The first-order chi connectivity index (χ1) is 19.7. The van der Waals surface area contributed by atoms with Gasteiger partial charge in [0.1, 0.15) is 0 Å². The molecule has 41 heavy (non-hydrogen) atoms. The van der Waals surface area contributed by atoms with Gasteiger partial charge in [0.15, 0.2) is 0 Å². The second-order valence-electron chi connectivity index (χ2n) is 13.7. The number of benzene rings is 5. The lowest BCUT2D eigenvalue weighted by Gasteiger charge is -2.38. The Bertz CT molecular complexity index is 1500. The Morgan fingerprint density at radius 2 is 0.683 bits per heavy atom. The molecule has 0 heteroatoms. The molecule has 2 aliphatic carbocycles. The molecular formula is C41H40. The number of fused-ring (bicyclic) bond motifs is 2. The van der Waals surface area contributed by atoms with Crippen LogP contribution in [0, 0.1) is 6.92 Å². The summed E-state index contributed by atoms with van der Waals surface area (Å²) in [4.78, 5) is 0. The Hall–Kier alpha value is -3.90. The molecule has 7 rings (SSSR count). The molecule has 0 radical (unpaired) electrons. The molecule has 5 aromatic carbocycles. The van der Waals surface area contributed by atoms with Crippen molar-refractivity contribution in [3.8, 4) is 0 Å². The quantitative estimate of drug-likeness (QED) is 0.216. The van der Waals surface area contributed by atoms with Gasteiger partial charge in [-0.3, -0.25) is 0 Å². The molecule has 5 aromatic rings. The Morgan fingerprint density at radius 1 is 0.415 bits per heavy atom. The minimum Gasteiger partial charge on any atom is -0.0622 e. The second-order valence-corrected chi connectivity index (χ2v) is 13.7. The first-order valence-electron chi connectivity index (χ1n) is 15.1. The summed E-state index contributed by atoms with van der Waals surface area (Å²) in [7, 11) is 0. The monoisotopic (exact) mass is 532 g/mol. The van der Waals surface area contributed by atoms with E-state index < -0.39 is 0 Å². The molecule has 0 unspecified atom stereocenters. The summed E-state index contributed by atoms with van der Waals surface area (Å²) in [6, 6.07) is 47.8. The van der Waals surface area contributed by atoms with Crippen LogP contribution < -0.4 is 0 Å². The summed E-state index contributed by atoms with van der Waals surface area (Å²) in [5.41, 5.74) is 12.7. The molecule has 0 N–H and O–H groups in total. The van der Waals surface area contributed by atoms with Gasteiger partial charge in [-0.05, 0) is 80.7 Å². The predicted octanol–water partition coefficient (Wildman–Crippen LogP) is 10.0. The Balaban J connectivity index is 1.65. The molecule has 0 bridgehead atoms. The highest BCUT2D eigenvalue weighted by Gasteiger charge is 2.56. The topological polar surface area (TPSA) is 0 Å². The zero-order chi connectivity index (χ0) is 28.5. The van der Waals surface area contributed by atoms with E-state index in [-0.39, 0.29) is 21.7 Å². The molecule has 204 valence electrons. The van der Waals surface area contributed by atoms with E-state index in [0.717, 1.165) is 12.8 Å². The molecule has 0 fully saturated rings. The third-order valence-electron chi connectivity index (χ3n) is 10.4. The van der Waals surface area contributed by atoms with E-state index in [4.69, 9.17) is 0 Å². The lowest BCUT2D eigenvalue weighted by molar-refractivity contribution is 0.435. The zero-order valence-corrected chi connectivity index (χ0v) is 25.0. The third-order valence-corrected chi connectivity index (χ3v) is 10.4. The summed E-state index contributed by atoms with van der Waals surface area (Å²) in [5, 5.41) is 0. The summed E-state index contributed by atoms with van der Waals surface area (Å²) < 4.78 is 0. The summed E-state index contributed by atoms with van der Waals surface area (Å²) >= 11 is 0. The molecule has 0 aromatic heterocycles. The van der Waals surface area contributed by atoms with Gasteiger partial charge < -0.3 is 0 Å². The predicted molar refractivity (Wildman–Crippen MR) is 172 cm³/mol. The van der Waals surface area contributed by atoms with Gasteiger partial charge in [0, 0.05) is 10.8 Å². The summed E-state index contributed by atoms with van der Waals surface area (Å²) in [6.07, 6.45) is 2.11. The van der Waals surface area contributed by atoms with Gasteiger partial charge in [0.05, 0.1) is 0 Å². The van der Waals surface area contributed by atoms with Gasteiger partial charge in [-0.25, -0.2) is 0 Å². The molecule has 0 amide bonds. The fourth-order valence-corrected chi connectivity index (χ4v) is 8.89. The smallest absolute Gasteiger partial charge is 0.0465 e. The summed E-state index contributed by atoms with van der Waals surface area (Å²) in [6.45, 7) is 12.3. The highest BCUT2D eigenvalue weighted by atomic mass is 14.6. The minimum atomic E-state index is -0.216. The standard InChI is InChI=1S/C41H40/c1-29-36-34(38(2,3)27-40(36,30-18-10-6-11-19-30)31-20-12-7-13-21-31)26-35-37(29)41(28-39(35,4)5,32-22-14-8-15-23-32)33-24-16-9-17-25-33/h6-26H,27-28H2,1-5H3. The number of rotatable bonds is 4. The van der Waals surface area contributed by atoms with E-state index in [2.05, 4.69) is 162 Å². The molecule has 0 aliphatic heterocycles. The van der Waals surface area contributed by atoms with Crippen LogP contribution in [0.25, 0.3) is 0 Å². The van der Waals surface area contributed by atoms with Crippen LogP contribution >= 0.6 is 0 Å². The maximum atomic E-state index is 2.64. The number of hydrogen-bond donors (Lipinski definition) is 0. The van der Waals surface area contributed by atoms with E-state index in [1.165, 1.54) is 50.1 Å². The number of hydrogen-bond acceptors (Lipinski definition) is 0. The molecule has 0 saturated carbocycles. The van der Waals surface area contributed by atoms with Crippen molar-refractivity contribution in [2.24, 2.45) is 0 Å². The van der Waals surface area contributed by atoms with Crippen molar-refractivity contribution in [3.05, 3.63) is 177 Å². The van der Waals surface area contributed by atoms with Crippen LogP contribution in [-0.2, 0) is 21.7 Å². The Labute approximate surface area is 246 Å². The Morgan fingerprint density at radius 3 is 0.951 bits per heavy atom. The van der Waals surface area contributed by atoms with E-state index in [0.29, 0.717) is 0 Å². The van der Waals surface area contributed by atoms with Crippen molar-refractivity contribution in [1.29, 1.82) is 0 Å². The van der Waals surface area contributed by atoms with Crippen LogP contribution in [0.2, 0.25) is 0 Å². The first-order valence-corrected chi connectivity index (χ1v) is 15.1. The van der Waals surface area contributed by atoms with Crippen LogP contribution in [0.1, 0.15) is 90.6 Å². The van der Waals surface area contributed by atoms with Crippen LogP contribution in [0.4, 0.5) is 0 Å². The van der Waals surface area contributed by atoms with Crippen molar-refractivity contribution in [1.82, 2.24) is 0 Å². The van der Waals surface area contributed by atoms with Crippen LogP contribution in [0.3, 0.4) is 0 Å². The normalized spacial score (nSPS) is 19.0. The maximum absolute atomic E-state index is 2.64. The molecule has 0 heterocycles. The Kier molecular flexibility index (Phi) is 5.75. The molecular weight excluding hydrogens is 492 g/mol. The SMILES string of the molecule is Cc1c2c(cc3c1C(c1ccccc1)(c1ccccc1)CC3(C)C)C(C)(C)CC2(c1ccccc1)c1ccccc1. The molecule has 0 spiro atoms. The molecule has 0 nitrogen and oxygen atoms in total. The molecule has 2 aliphatic rings. The van der Waals surface area contributed by atoms with Gasteiger partial charge in [-0.15, -0.1) is 0 Å². The average Bonchev–Trinajstić information content (AvgIpc) is 3.41. The van der Waals surface area contributed by atoms with E-state index in [1.807, 2.05) is 0 Å². The van der Waals surface area contributed by atoms with Gasteiger partial charge in [-0.2, -0.15) is 0 Å². The fraction of sp³-hybridized carbons (Fsp3) is 0.268. The largest absolute Gasteiger partial charge is 0.0622 e. The van der Waals surface area contributed by atoms with E-state index in [9.17, 15) is 0 Å². The van der Waals surface area contributed by atoms with Crippen molar-refractivity contribution in [2.45, 2.75) is 69.1 Å². The third kappa shape index (κ3) is 3.59. The second kappa shape index (κ2) is 9.05. The fourth-order valence-electron chi connectivity index (χ4n) is 8.89. The van der Waals surface area contributed by atoms with E-state index >= 15 is 0 Å². The highest BCUT2D eigenvalue weighted by molar-refractivity contribution is 5.71. The van der Waals surface area contributed by atoms with Crippen LogP contribution in [0.5, 0.6) is 0 Å². The van der Waals surface area contributed by atoms with Gasteiger partial charge in [0.25, 0.3) is 0 Å². The highest BCUT2D eigenvalue weighted by Crippen LogP contribution is 2.64. The van der Waals surface area contributed by atoms with Crippen molar-refractivity contribution in [2.75, 3.05) is 0 Å². The molecule has 0 saturated heterocycles. The summed E-state index contributed by atoms with van der Waals surface area (Å²) in [5.74, 6) is 0. The zero-order valence-electron chi connectivity index (χ0n) is 25.0. The lowest BCUT2D eigenvalue weighted by Crippen LogP contribution is -2.32.